The molecule has 0 aliphatic carbocycles. The van der Waals surface area contributed by atoms with Crippen LogP contribution in [0.25, 0.3) is 0 Å². The summed E-state index contributed by atoms with van der Waals surface area (Å²) in [5.74, 6) is -0.216. The summed E-state index contributed by atoms with van der Waals surface area (Å²) in [6.45, 7) is 0.646. The number of aromatic nitrogens is 1. The zero-order valence-electron chi connectivity index (χ0n) is 13.7. The highest BCUT2D eigenvalue weighted by molar-refractivity contribution is 7.91. The lowest BCUT2D eigenvalue weighted by Gasteiger charge is -2.13. The molecule has 1 N–H and O–H groups in total. The Kier molecular flexibility index (Phi) is 5.33. The van der Waals surface area contributed by atoms with E-state index in [9.17, 15) is 13.2 Å². The first-order valence-electron chi connectivity index (χ1n) is 8.12. The molecule has 0 bridgehead atoms. The molecule has 1 saturated heterocycles. The van der Waals surface area contributed by atoms with Crippen LogP contribution in [0.3, 0.4) is 0 Å². The molecule has 1 aliphatic rings. The number of rotatable bonds is 6. The number of nitrogens with one attached hydrogen (secondary N) is 1. The molecule has 0 saturated carbocycles. The molecule has 1 atom stereocenters. The molecule has 0 radical (unpaired) electrons. The standard InChI is InChI=1S/C18H20N2O4S/c21-17(16-8-10-25(22,23)13-16)20-11-15-7-4-9-19-18(15)24-12-14-5-2-1-3-6-14/h1-7,9,16H,8,10-13H2,(H,20,21). The van der Waals surface area contributed by atoms with E-state index < -0.39 is 15.8 Å². The number of hydrogen-bond donors (Lipinski definition) is 1. The summed E-state index contributed by atoms with van der Waals surface area (Å²) in [7, 11) is -3.07. The summed E-state index contributed by atoms with van der Waals surface area (Å²) in [5, 5.41) is 2.79. The number of nitrogens with zero attached hydrogens (tertiary/aromatic N) is 1. The predicted molar refractivity (Wildman–Crippen MR) is 93.6 cm³/mol. The molecule has 0 spiro atoms. The van der Waals surface area contributed by atoms with Crippen molar-refractivity contribution in [1.82, 2.24) is 10.3 Å². The van der Waals surface area contributed by atoms with Gasteiger partial charge in [-0.25, -0.2) is 13.4 Å². The number of pyridine rings is 1. The summed E-state index contributed by atoms with van der Waals surface area (Å²) in [6.07, 6.45) is 2.02. The molecule has 2 aromatic rings. The van der Waals surface area contributed by atoms with Gasteiger partial charge in [0.25, 0.3) is 0 Å². The van der Waals surface area contributed by atoms with Crippen LogP contribution in [0.15, 0.2) is 48.7 Å². The van der Waals surface area contributed by atoms with E-state index in [1.807, 2.05) is 36.4 Å². The van der Waals surface area contributed by atoms with Crippen molar-refractivity contribution in [3.63, 3.8) is 0 Å². The zero-order chi connectivity index (χ0) is 17.7. The smallest absolute Gasteiger partial charge is 0.224 e. The Morgan fingerprint density at radius 2 is 2.00 bits per heavy atom. The van der Waals surface area contributed by atoms with E-state index in [2.05, 4.69) is 10.3 Å². The van der Waals surface area contributed by atoms with Crippen LogP contribution < -0.4 is 10.1 Å². The number of ether oxygens (including phenoxy) is 1. The minimum absolute atomic E-state index is 0.0662. The molecule has 3 rings (SSSR count). The first-order chi connectivity index (χ1) is 12.0. The zero-order valence-corrected chi connectivity index (χ0v) is 14.5. The van der Waals surface area contributed by atoms with Crippen molar-refractivity contribution in [3.8, 4) is 5.88 Å². The van der Waals surface area contributed by atoms with Crippen LogP contribution >= 0.6 is 0 Å². The highest BCUT2D eigenvalue weighted by Gasteiger charge is 2.32. The molecule has 132 valence electrons. The fraction of sp³-hybridized carbons (Fsp3) is 0.333. The van der Waals surface area contributed by atoms with Gasteiger partial charge in [0.05, 0.1) is 17.4 Å². The molecule has 1 fully saturated rings. The van der Waals surface area contributed by atoms with Gasteiger partial charge < -0.3 is 10.1 Å². The number of carbonyl (C=O) groups is 1. The molecule has 7 heteroatoms. The molecular weight excluding hydrogens is 340 g/mol. The Morgan fingerprint density at radius 1 is 1.20 bits per heavy atom. The lowest BCUT2D eigenvalue weighted by atomic mass is 10.1. The predicted octanol–water partition coefficient (Wildman–Crippen LogP) is 1.71. The van der Waals surface area contributed by atoms with Gasteiger partial charge in [-0.1, -0.05) is 36.4 Å². The highest BCUT2D eigenvalue weighted by Crippen LogP contribution is 2.20. The number of benzene rings is 1. The minimum Gasteiger partial charge on any atom is -0.473 e. The quantitative estimate of drug-likeness (QED) is 0.848. The summed E-state index contributed by atoms with van der Waals surface area (Å²) in [4.78, 5) is 16.4. The topological polar surface area (TPSA) is 85.4 Å². The van der Waals surface area contributed by atoms with Crippen LogP contribution in [-0.4, -0.2) is 30.8 Å². The Morgan fingerprint density at radius 3 is 2.72 bits per heavy atom. The maximum absolute atomic E-state index is 12.2. The lowest BCUT2D eigenvalue weighted by molar-refractivity contribution is -0.124. The van der Waals surface area contributed by atoms with E-state index in [0.717, 1.165) is 11.1 Å². The fourth-order valence-corrected chi connectivity index (χ4v) is 4.48. The molecule has 1 aliphatic heterocycles. The van der Waals surface area contributed by atoms with Gasteiger partial charge in [0.1, 0.15) is 6.61 Å². The molecule has 1 aromatic carbocycles. The van der Waals surface area contributed by atoms with Gasteiger partial charge in [0.15, 0.2) is 9.84 Å². The van der Waals surface area contributed by atoms with E-state index in [1.54, 1.807) is 12.3 Å². The fourth-order valence-electron chi connectivity index (χ4n) is 2.74. The van der Waals surface area contributed by atoms with Crippen LogP contribution in [-0.2, 0) is 27.8 Å². The van der Waals surface area contributed by atoms with Crippen LogP contribution in [0, 0.1) is 5.92 Å². The lowest BCUT2D eigenvalue weighted by Crippen LogP contribution is -2.31. The molecule has 1 amide bonds. The largest absolute Gasteiger partial charge is 0.473 e. The van der Waals surface area contributed by atoms with Crippen LogP contribution in [0.4, 0.5) is 0 Å². The summed E-state index contributed by atoms with van der Waals surface area (Å²) >= 11 is 0. The maximum Gasteiger partial charge on any atom is 0.224 e. The highest BCUT2D eigenvalue weighted by atomic mass is 32.2. The van der Waals surface area contributed by atoms with E-state index in [1.165, 1.54) is 0 Å². The molecule has 2 heterocycles. The van der Waals surface area contributed by atoms with Crippen LogP contribution in [0.5, 0.6) is 5.88 Å². The number of carbonyl (C=O) groups excluding carboxylic acids is 1. The third-order valence-corrected chi connectivity index (χ3v) is 5.89. The van der Waals surface area contributed by atoms with Gasteiger partial charge in [0, 0.05) is 18.3 Å². The Balaban J connectivity index is 1.58. The molecule has 25 heavy (non-hydrogen) atoms. The first-order valence-corrected chi connectivity index (χ1v) is 9.94. The third kappa shape index (κ3) is 4.79. The SMILES string of the molecule is O=C(NCc1cccnc1OCc1ccccc1)C1CCS(=O)(=O)C1. The average Bonchev–Trinajstić information content (AvgIpc) is 2.99. The Bertz CT molecular complexity index is 837. The second kappa shape index (κ2) is 7.65. The summed E-state index contributed by atoms with van der Waals surface area (Å²) < 4.78 is 28.7. The van der Waals surface area contributed by atoms with E-state index in [4.69, 9.17) is 4.74 Å². The van der Waals surface area contributed by atoms with Crippen molar-refractivity contribution in [2.75, 3.05) is 11.5 Å². The number of sulfone groups is 1. The van der Waals surface area contributed by atoms with Gasteiger partial charge in [0.2, 0.25) is 11.8 Å². The van der Waals surface area contributed by atoms with Gasteiger partial charge in [-0.2, -0.15) is 0 Å². The van der Waals surface area contributed by atoms with Gasteiger partial charge in [-0.15, -0.1) is 0 Å². The second-order valence-corrected chi connectivity index (χ2v) is 8.29. The van der Waals surface area contributed by atoms with E-state index >= 15 is 0 Å². The Hall–Kier alpha value is -2.41. The maximum atomic E-state index is 12.2. The van der Waals surface area contributed by atoms with Gasteiger partial charge in [-0.05, 0) is 18.1 Å². The van der Waals surface area contributed by atoms with Crippen molar-refractivity contribution in [3.05, 3.63) is 59.8 Å². The minimum atomic E-state index is -3.07. The summed E-state index contributed by atoms with van der Waals surface area (Å²) in [5.41, 5.74) is 1.78. The van der Waals surface area contributed by atoms with Crippen LogP contribution in [0.1, 0.15) is 17.5 Å². The molecular formula is C18H20N2O4S. The normalized spacial score (nSPS) is 18.6. The molecule has 6 nitrogen and oxygen atoms in total. The van der Waals surface area contributed by atoms with Crippen molar-refractivity contribution < 1.29 is 17.9 Å². The van der Waals surface area contributed by atoms with E-state index in [-0.39, 0.29) is 24.0 Å². The third-order valence-electron chi connectivity index (χ3n) is 4.12. The first kappa shape index (κ1) is 17.4. The van der Waals surface area contributed by atoms with Gasteiger partial charge >= 0.3 is 0 Å². The monoisotopic (exact) mass is 360 g/mol. The number of hydrogen-bond acceptors (Lipinski definition) is 5. The van der Waals surface area contributed by atoms with Crippen molar-refractivity contribution in [2.45, 2.75) is 19.6 Å². The van der Waals surface area contributed by atoms with E-state index in [0.29, 0.717) is 18.9 Å². The van der Waals surface area contributed by atoms with Gasteiger partial charge in [-0.3, -0.25) is 4.79 Å². The van der Waals surface area contributed by atoms with Crippen molar-refractivity contribution in [2.24, 2.45) is 5.92 Å². The number of amides is 1. The molecule has 1 aromatic heterocycles. The second-order valence-electron chi connectivity index (χ2n) is 6.06. The van der Waals surface area contributed by atoms with Crippen molar-refractivity contribution in [1.29, 1.82) is 0 Å². The summed E-state index contributed by atoms with van der Waals surface area (Å²) in [6, 6.07) is 13.3. The molecule has 1 unspecified atom stereocenters. The van der Waals surface area contributed by atoms with Crippen molar-refractivity contribution >= 4 is 15.7 Å². The van der Waals surface area contributed by atoms with Crippen LogP contribution in [0.2, 0.25) is 0 Å². The average molecular weight is 360 g/mol. The Labute approximate surface area is 147 Å².